The standard InChI is InChI=1S/C26H24N2O4S2/c1-31-21-11-7-19(8-12-21)27-23(29)15-33-25(27)17-3-5-18(6-4-17)26-28(24(30)16-34-26)20-9-13-22(32-2)14-10-20/h3-14,25-26H,15-16H2,1-2H3/t25-,26-/m1/s1. The summed E-state index contributed by atoms with van der Waals surface area (Å²) in [5.41, 5.74) is 3.82. The van der Waals surface area contributed by atoms with Crippen LogP contribution in [-0.4, -0.2) is 37.5 Å². The van der Waals surface area contributed by atoms with E-state index in [4.69, 9.17) is 9.47 Å². The van der Waals surface area contributed by atoms with Gasteiger partial charge in [0.1, 0.15) is 22.2 Å². The summed E-state index contributed by atoms with van der Waals surface area (Å²) in [4.78, 5) is 29.1. The maximum absolute atomic E-state index is 12.7. The number of methoxy groups -OCH3 is 2. The first-order chi connectivity index (χ1) is 16.6. The average Bonchev–Trinajstić information content (AvgIpc) is 3.46. The number of carbonyl (C=O) groups excluding carboxylic acids is 2. The molecule has 2 heterocycles. The van der Waals surface area contributed by atoms with Gasteiger partial charge in [-0.1, -0.05) is 24.3 Å². The second-order valence-corrected chi connectivity index (χ2v) is 10.1. The zero-order valence-corrected chi connectivity index (χ0v) is 20.5. The summed E-state index contributed by atoms with van der Waals surface area (Å²) in [5.74, 6) is 2.58. The molecule has 0 saturated carbocycles. The normalized spacial score (nSPS) is 20.2. The molecule has 174 valence electrons. The Balaban J connectivity index is 1.39. The Morgan fingerprint density at radius 2 is 0.971 bits per heavy atom. The molecule has 2 aliphatic rings. The van der Waals surface area contributed by atoms with Crippen molar-refractivity contribution in [1.29, 1.82) is 0 Å². The van der Waals surface area contributed by atoms with Gasteiger partial charge < -0.3 is 9.47 Å². The number of benzene rings is 3. The molecule has 0 radical (unpaired) electrons. The lowest BCUT2D eigenvalue weighted by Crippen LogP contribution is -2.28. The molecule has 2 amide bonds. The zero-order valence-electron chi connectivity index (χ0n) is 18.8. The summed E-state index contributed by atoms with van der Waals surface area (Å²) < 4.78 is 10.5. The van der Waals surface area contributed by atoms with Gasteiger partial charge in [-0.15, -0.1) is 23.5 Å². The Hall–Kier alpha value is -3.10. The number of rotatable bonds is 6. The van der Waals surface area contributed by atoms with E-state index in [0.29, 0.717) is 11.5 Å². The Bertz CT molecular complexity index is 1090. The first kappa shape index (κ1) is 22.7. The molecular formula is C26H24N2O4S2. The molecule has 2 fully saturated rings. The van der Waals surface area contributed by atoms with Crippen molar-refractivity contribution in [3.8, 4) is 11.5 Å². The molecule has 0 aromatic heterocycles. The molecule has 2 atom stereocenters. The van der Waals surface area contributed by atoms with E-state index >= 15 is 0 Å². The average molecular weight is 493 g/mol. The van der Waals surface area contributed by atoms with Crippen LogP contribution in [0.2, 0.25) is 0 Å². The maximum Gasteiger partial charge on any atom is 0.238 e. The Morgan fingerprint density at radius 1 is 0.618 bits per heavy atom. The molecule has 3 aromatic carbocycles. The Morgan fingerprint density at radius 3 is 1.29 bits per heavy atom. The van der Waals surface area contributed by atoms with Gasteiger partial charge in [0.25, 0.3) is 0 Å². The van der Waals surface area contributed by atoms with Gasteiger partial charge in [-0.2, -0.15) is 0 Å². The van der Waals surface area contributed by atoms with Crippen molar-refractivity contribution >= 4 is 46.7 Å². The largest absolute Gasteiger partial charge is 0.497 e. The predicted octanol–water partition coefficient (Wildman–Crippen LogP) is 5.26. The number of amides is 2. The molecule has 3 aromatic rings. The van der Waals surface area contributed by atoms with E-state index in [-0.39, 0.29) is 22.6 Å². The van der Waals surface area contributed by atoms with Crippen LogP contribution in [0.3, 0.4) is 0 Å². The number of carbonyl (C=O) groups is 2. The van der Waals surface area contributed by atoms with Gasteiger partial charge in [0.2, 0.25) is 11.8 Å². The topological polar surface area (TPSA) is 59.1 Å². The van der Waals surface area contributed by atoms with Crippen molar-refractivity contribution in [2.24, 2.45) is 0 Å². The van der Waals surface area contributed by atoms with E-state index in [1.165, 1.54) is 0 Å². The van der Waals surface area contributed by atoms with Crippen LogP contribution in [0.5, 0.6) is 11.5 Å². The van der Waals surface area contributed by atoms with Crippen molar-refractivity contribution in [3.05, 3.63) is 83.9 Å². The van der Waals surface area contributed by atoms with Crippen LogP contribution in [0.25, 0.3) is 0 Å². The summed E-state index contributed by atoms with van der Waals surface area (Å²) >= 11 is 3.24. The number of nitrogens with zero attached hydrogens (tertiary/aromatic N) is 2. The second kappa shape index (κ2) is 9.64. The monoisotopic (exact) mass is 492 g/mol. The van der Waals surface area contributed by atoms with Crippen LogP contribution < -0.4 is 19.3 Å². The van der Waals surface area contributed by atoms with Gasteiger partial charge in [0.15, 0.2) is 0 Å². The highest BCUT2D eigenvalue weighted by atomic mass is 32.2. The van der Waals surface area contributed by atoms with E-state index < -0.39 is 0 Å². The summed E-state index contributed by atoms with van der Waals surface area (Å²) in [6, 6.07) is 23.4. The highest BCUT2D eigenvalue weighted by Crippen LogP contribution is 2.45. The highest BCUT2D eigenvalue weighted by molar-refractivity contribution is 8.01. The van der Waals surface area contributed by atoms with Gasteiger partial charge >= 0.3 is 0 Å². The maximum atomic E-state index is 12.7. The Kier molecular flexibility index (Phi) is 6.43. The fourth-order valence-electron chi connectivity index (χ4n) is 4.21. The minimum Gasteiger partial charge on any atom is -0.497 e. The van der Waals surface area contributed by atoms with Crippen LogP contribution in [0.1, 0.15) is 21.9 Å². The first-order valence-electron chi connectivity index (χ1n) is 10.8. The third kappa shape index (κ3) is 4.23. The van der Waals surface area contributed by atoms with Crippen LogP contribution in [-0.2, 0) is 9.59 Å². The lowest BCUT2D eigenvalue weighted by Gasteiger charge is -2.26. The van der Waals surface area contributed by atoms with Gasteiger partial charge in [0, 0.05) is 11.4 Å². The van der Waals surface area contributed by atoms with Gasteiger partial charge in [-0.25, -0.2) is 0 Å². The molecule has 5 rings (SSSR count). The van der Waals surface area contributed by atoms with Gasteiger partial charge in [0.05, 0.1) is 25.7 Å². The second-order valence-electron chi connectivity index (χ2n) is 7.92. The van der Waals surface area contributed by atoms with Crippen molar-refractivity contribution in [2.45, 2.75) is 10.7 Å². The van der Waals surface area contributed by atoms with E-state index in [0.717, 1.165) is 34.0 Å². The molecule has 6 nitrogen and oxygen atoms in total. The Labute approximate surface area is 207 Å². The molecule has 2 aliphatic heterocycles. The molecule has 34 heavy (non-hydrogen) atoms. The number of anilines is 2. The summed E-state index contributed by atoms with van der Waals surface area (Å²) in [5, 5.41) is -0.184. The third-order valence-electron chi connectivity index (χ3n) is 5.94. The minimum atomic E-state index is -0.0921. The molecule has 8 heteroatoms. The fraction of sp³-hybridized carbons (Fsp3) is 0.231. The highest BCUT2D eigenvalue weighted by Gasteiger charge is 2.36. The van der Waals surface area contributed by atoms with E-state index in [9.17, 15) is 9.59 Å². The summed E-state index contributed by atoms with van der Waals surface area (Å²) in [6.45, 7) is 0. The van der Waals surface area contributed by atoms with Gasteiger partial charge in [-0.3, -0.25) is 19.4 Å². The SMILES string of the molecule is COc1ccc(N2C(=O)CS[C@@H]2c2ccc([C@H]3SCC(=O)N3c3ccc(OC)cc3)cc2)cc1. The first-order valence-corrected chi connectivity index (χ1v) is 12.9. The molecular weight excluding hydrogens is 468 g/mol. The lowest BCUT2D eigenvalue weighted by molar-refractivity contribution is -0.116. The molecule has 2 saturated heterocycles. The van der Waals surface area contributed by atoms with Crippen LogP contribution >= 0.6 is 23.5 Å². The number of thioether (sulfide) groups is 2. The lowest BCUT2D eigenvalue weighted by atomic mass is 10.1. The predicted molar refractivity (Wildman–Crippen MR) is 138 cm³/mol. The van der Waals surface area contributed by atoms with E-state index in [1.54, 1.807) is 37.7 Å². The molecule has 0 aliphatic carbocycles. The third-order valence-corrected chi connectivity index (χ3v) is 8.37. The summed E-state index contributed by atoms with van der Waals surface area (Å²) in [7, 11) is 3.25. The van der Waals surface area contributed by atoms with Crippen LogP contribution in [0.4, 0.5) is 11.4 Å². The molecule has 0 N–H and O–H groups in total. The van der Waals surface area contributed by atoms with Crippen LogP contribution in [0, 0.1) is 0 Å². The number of hydrogen-bond donors (Lipinski definition) is 0. The minimum absolute atomic E-state index is 0.0897. The van der Waals surface area contributed by atoms with Crippen molar-refractivity contribution in [2.75, 3.05) is 35.5 Å². The molecule has 0 unspecified atom stereocenters. The van der Waals surface area contributed by atoms with E-state index in [2.05, 4.69) is 24.3 Å². The number of hydrogen-bond acceptors (Lipinski definition) is 6. The smallest absolute Gasteiger partial charge is 0.238 e. The van der Waals surface area contributed by atoms with Gasteiger partial charge in [-0.05, 0) is 59.7 Å². The van der Waals surface area contributed by atoms with Crippen molar-refractivity contribution in [3.63, 3.8) is 0 Å². The van der Waals surface area contributed by atoms with Crippen molar-refractivity contribution < 1.29 is 19.1 Å². The quantitative estimate of drug-likeness (QED) is 0.468. The van der Waals surface area contributed by atoms with Crippen LogP contribution in [0.15, 0.2) is 72.8 Å². The van der Waals surface area contributed by atoms with Crippen molar-refractivity contribution in [1.82, 2.24) is 0 Å². The molecule has 0 bridgehead atoms. The fourth-order valence-corrected chi connectivity index (χ4v) is 6.57. The zero-order chi connectivity index (χ0) is 23.7. The number of ether oxygens (including phenoxy) is 2. The van der Waals surface area contributed by atoms with E-state index in [1.807, 2.05) is 58.3 Å². The summed E-state index contributed by atoms with van der Waals surface area (Å²) in [6.07, 6.45) is 0. The molecule has 0 spiro atoms.